The number of hydrogen-bond donors (Lipinski definition) is 0. The summed E-state index contributed by atoms with van der Waals surface area (Å²) in [6.45, 7) is 4.46. The van der Waals surface area contributed by atoms with Crippen molar-refractivity contribution >= 4 is 12.4 Å². The van der Waals surface area contributed by atoms with Gasteiger partial charge in [-0.25, -0.2) is 0 Å². The lowest BCUT2D eigenvalue weighted by Crippen LogP contribution is -1.66. The number of halogens is 1. The van der Waals surface area contributed by atoms with Crippen LogP contribution in [-0.4, -0.2) is 0 Å². The van der Waals surface area contributed by atoms with E-state index in [0.29, 0.717) is 0 Å². The van der Waals surface area contributed by atoms with Crippen LogP contribution in [0.25, 0.3) is 0 Å². The lowest BCUT2D eigenvalue weighted by molar-refractivity contribution is 0.702. The molecule has 0 heterocycles. The molecule has 0 radical (unpaired) electrons. The molecule has 46 valence electrons. The fraction of sp³-hybridized carbons (Fsp3) is 1.00. The molecule has 0 nitrogen and oxygen atoms in total. The van der Waals surface area contributed by atoms with Crippen LogP contribution in [0.2, 0.25) is 0 Å². The highest BCUT2D eigenvalue weighted by molar-refractivity contribution is 5.85. The molecule has 0 unspecified atom stereocenters. The smallest absolute Gasteiger partial charge is 0.0536 e. The van der Waals surface area contributed by atoms with Gasteiger partial charge in [-0.2, -0.15) is 0 Å². The Kier molecular flexibility index (Phi) is 14.1. The first kappa shape index (κ1) is 10.3. The third-order valence-corrected chi connectivity index (χ3v) is 0.957. The van der Waals surface area contributed by atoms with Crippen molar-refractivity contribution in [2.45, 2.75) is 39.5 Å². The van der Waals surface area contributed by atoms with Crippen molar-refractivity contribution in [3.8, 4) is 0 Å². The highest BCUT2D eigenvalue weighted by Crippen LogP contribution is 1.95. The summed E-state index contributed by atoms with van der Waals surface area (Å²) in [6.07, 6.45) is 5.54. The Balaban J connectivity index is 0. The van der Waals surface area contributed by atoms with Crippen molar-refractivity contribution in [1.82, 2.24) is 0 Å². The van der Waals surface area contributed by atoms with E-state index in [0.717, 1.165) is 0 Å². The molecule has 0 spiro atoms. The Labute approximate surface area is 52.7 Å². The molecule has 0 amide bonds. The molecule has 7 heavy (non-hydrogen) atoms. The van der Waals surface area contributed by atoms with Crippen molar-refractivity contribution in [1.29, 1.82) is 0 Å². The third kappa shape index (κ3) is 10.7. The Morgan fingerprint density at radius 2 is 1.14 bits per heavy atom. The van der Waals surface area contributed by atoms with Gasteiger partial charge >= 0.3 is 0 Å². The normalized spacial score (nSPS) is 7.71. The van der Waals surface area contributed by atoms with Gasteiger partial charge in [0.25, 0.3) is 0 Å². The van der Waals surface area contributed by atoms with Gasteiger partial charge in [-0.05, 0) is 0 Å². The predicted molar refractivity (Wildman–Crippen MR) is 37.1 cm³/mol. The van der Waals surface area contributed by atoms with Gasteiger partial charge < -0.3 is 0 Å². The molecule has 0 rings (SSSR count). The molecule has 0 fully saturated rings. The summed E-state index contributed by atoms with van der Waals surface area (Å²) in [7, 11) is 0. The van der Waals surface area contributed by atoms with E-state index in [1.807, 2.05) is 0 Å². The second kappa shape index (κ2) is 9.56. The van der Waals surface area contributed by atoms with Gasteiger partial charge in [-0.1, -0.05) is 39.5 Å². The molecular formula is C6H15Cl. The van der Waals surface area contributed by atoms with Crippen LogP contribution in [0.3, 0.4) is 0 Å². The van der Waals surface area contributed by atoms with Crippen molar-refractivity contribution in [2.75, 3.05) is 0 Å². The van der Waals surface area contributed by atoms with Gasteiger partial charge in [0.2, 0.25) is 0 Å². The number of rotatable bonds is 3. The second-order valence-corrected chi connectivity index (χ2v) is 1.71. The summed E-state index contributed by atoms with van der Waals surface area (Å²) in [5.41, 5.74) is 0. The predicted octanol–water partition coefficient (Wildman–Crippen LogP) is 3.01. The molecule has 0 aliphatic carbocycles. The van der Waals surface area contributed by atoms with Gasteiger partial charge in [0, 0.05) is 0 Å². The zero-order chi connectivity index (χ0) is 4.83. The van der Waals surface area contributed by atoms with E-state index in [1.165, 1.54) is 25.7 Å². The fourth-order valence-electron chi connectivity index (χ4n) is 0.500. The van der Waals surface area contributed by atoms with Crippen molar-refractivity contribution in [3.63, 3.8) is 0 Å². The summed E-state index contributed by atoms with van der Waals surface area (Å²) in [6, 6.07) is 0. The Morgan fingerprint density at radius 1 is 0.857 bits per heavy atom. The van der Waals surface area contributed by atoms with Crippen LogP contribution in [0.4, 0.5) is 0 Å². The lowest BCUT2D eigenvalue weighted by Gasteiger charge is -1.86. The second-order valence-electron chi connectivity index (χ2n) is 1.71. The highest BCUT2D eigenvalue weighted by atomic mass is 35.5. The van der Waals surface area contributed by atoms with Crippen LogP contribution in [0.15, 0.2) is 0 Å². The molecule has 0 saturated carbocycles. The van der Waals surface area contributed by atoms with Gasteiger partial charge in [0.1, 0.15) is 0 Å². The largest absolute Gasteiger partial charge is 0.147 e. The maximum atomic E-state index is 2.23. The van der Waals surface area contributed by atoms with Crippen molar-refractivity contribution in [2.24, 2.45) is 0 Å². The van der Waals surface area contributed by atoms with Crippen LogP contribution < -0.4 is 0 Å². The van der Waals surface area contributed by atoms with Crippen LogP contribution in [-0.2, 0) is 0 Å². The first-order chi connectivity index (χ1) is 2.91. The summed E-state index contributed by atoms with van der Waals surface area (Å²) >= 11 is 0. The average Bonchev–Trinajstić information content (AvgIpc) is 1.61. The van der Waals surface area contributed by atoms with Crippen LogP contribution in [0.1, 0.15) is 39.5 Å². The zero-order valence-corrected chi connectivity index (χ0v) is 6.05. The fourth-order valence-corrected chi connectivity index (χ4v) is 0.500. The summed E-state index contributed by atoms with van der Waals surface area (Å²) in [5, 5.41) is 0. The SMILES string of the molecule is CCCCCC.Cl. The molecular weight excluding hydrogens is 108 g/mol. The standard InChI is InChI=1S/C6H14.ClH/c1-3-5-6-4-2;/h3-6H2,1-2H3;1H. The lowest BCUT2D eigenvalue weighted by atomic mass is 10.2. The minimum absolute atomic E-state index is 0. The maximum absolute atomic E-state index is 2.23. The monoisotopic (exact) mass is 122 g/mol. The molecule has 0 aromatic heterocycles. The first-order valence-corrected chi connectivity index (χ1v) is 2.91. The Morgan fingerprint density at radius 3 is 1.29 bits per heavy atom. The summed E-state index contributed by atoms with van der Waals surface area (Å²) < 4.78 is 0. The number of unbranched alkanes of at least 4 members (excludes halogenated alkanes) is 3. The van der Waals surface area contributed by atoms with E-state index in [-0.39, 0.29) is 12.4 Å². The van der Waals surface area contributed by atoms with Crippen LogP contribution in [0.5, 0.6) is 0 Å². The Bertz CT molecular complexity index is 16.1. The summed E-state index contributed by atoms with van der Waals surface area (Å²) in [5.74, 6) is 0. The van der Waals surface area contributed by atoms with Gasteiger partial charge in [0.05, 0.1) is 0 Å². The molecule has 0 N–H and O–H groups in total. The van der Waals surface area contributed by atoms with E-state index in [1.54, 1.807) is 0 Å². The minimum atomic E-state index is 0. The molecule has 0 bridgehead atoms. The summed E-state index contributed by atoms with van der Waals surface area (Å²) in [4.78, 5) is 0. The molecule has 0 aliphatic heterocycles. The van der Waals surface area contributed by atoms with Crippen LogP contribution >= 0.6 is 12.4 Å². The van der Waals surface area contributed by atoms with Crippen molar-refractivity contribution < 1.29 is 0 Å². The zero-order valence-electron chi connectivity index (χ0n) is 5.24. The quantitative estimate of drug-likeness (QED) is 0.505. The topological polar surface area (TPSA) is 0 Å². The molecule has 1 heteroatoms. The van der Waals surface area contributed by atoms with Gasteiger partial charge in [-0.15, -0.1) is 12.4 Å². The first-order valence-electron chi connectivity index (χ1n) is 2.91. The minimum Gasteiger partial charge on any atom is -0.147 e. The molecule has 0 saturated heterocycles. The van der Waals surface area contributed by atoms with Gasteiger partial charge in [-0.3, -0.25) is 0 Å². The van der Waals surface area contributed by atoms with Crippen LogP contribution in [0, 0.1) is 0 Å². The maximum Gasteiger partial charge on any atom is -0.0536 e. The number of hydrogen-bond acceptors (Lipinski definition) is 0. The average molecular weight is 123 g/mol. The van der Waals surface area contributed by atoms with E-state index < -0.39 is 0 Å². The highest BCUT2D eigenvalue weighted by Gasteiger charge is 1.75. The van der Waals surface area contributed by atoms with Crippen molar-refractivity contribution in [3.05, 3.63) is 0 Å². The van der Waals surface area contributed by atoms with E-state index in [4.69, 9.17) is 0 Å². The van der Waals surface area contributed by atoms with E-state index in [2.05, 4.69) is 13.8 Å². The molecule has 0 aliphatic rings. The third-order valence-electron chi connectivity index (χ3n) is 0.957. The molecule has 0 aromatic carbocycles. The Hall–Kier alpha value is 0.290. The van der Waals surface area contributed by atoms with E-state index in [9.17, 15) is 0 Å². The molecule has 0 aromatic rings. The van der Waals surface area contributed by atoms with E-state index >= 15 is 0 Å². The molecule has 0 atom stereocenters. The van der Waals surface area contributed by atoms with Gasteiger partial charge in [0.15, 0.2) is 0 Å².